The van der Waals surface area contributed by atoms with E-state index < -0.39 is 11.5 Å². The highest BCUT2D eigenvalue weighted by Gasteiger charge is 2.33. The molecule has 0 fully saturated rings. The molecule has 1 aromatic carbocycles. The van der Waals surface area contributed by atoms with Gasteiger partial charge in [0.05, 0.1) is 19.3 Å². The number of methoxy groups -OCH3 is 1. The van der Waals surface area contributed by atoms with Gasteiger partial charge < -0.3 is 20.3 Å². The molecule has 0 bridgehead atoms. The third-order valence-electron chi connectivity index (χ3n) is 4.02. The fourth-order valence-electron chi connectivity index (χ4n) is 2.60. The fraction of sp³-hybridized carbons (Fsp3) is 0.368. The lowest BCUT2D eigenvalue weighted by atomic mass is 9.80. The molecule has 7 heteroatoms. The van der Waals surface area contributed by atoms with Crippen LogP contribution in [0.4, 0.5) is 0 Å². The largest absolute Gasteiger partial charge is 0.494 e. The van der Waals surface area contributed by atoms with Crippen LogP contribution in [0.25, 0.3) is 0 Å². The van der Waals surface area contributed by atoms with Crippen molar-refractivity contribution >= 4 is 23.1 Å². The fourth-order valence-corrected chi connectivity index (χ4v) is 3.34. The van der Waals surface area contributed by atoms with E-state index in [1.807, 2.05) is 29.0 Å². The van der Waals surface area contributed by atoms with Gasteiger partial charge in [0.1, 0.15) is 18.0 Å². The average Bonchev–Trinajstić information content (AvgIpc) is 3.17. The van der Waals surface area contributed by atoms with Crippen LogP contribution in [0.3, 0.4) is 0 Å². The Bertz CT molecular complexity index is 714. The summed E-state index contributed by atoms with van der Waals surface area (Å²) in [5, 5.41) is 12.6. The Morgan fingerprint density at radius 1 is 1.19 bits per heavy atom. The number of nitrogens with two attached hydrogens (primary N) is 1. The molecule has 1 aromatic heterocycles. The monoisotopic (exact) mass is 377 g/mol. The maximum atomic E-state index is 12.3. The highest BCUT2D eigenvalue weighted by molar-refractivity contribution is 7.08. The third-order valence-corrected chi connectivity index (χ3v) is 4.71. The van der Waals surface area contributed by atoms with Gasteiger partial charge in [0.15, 0.2) is 0 Å². The van der Waals surface area contributed by atoms with E-state index >= 15 is 0 Å². The molecule has 140 valence electrons. The number of aliphatic hydroxyl groups excluding tert-OH is 1. The smallest absolute Gasteiger partial charge is 0.313 e. The number of ether oxygens (including phenoxy) is 2. The van der Waals surface area contributed by atoms with Crippen LogP contribution >= 0.6 is 11.3 Å². The summed E-state index contributed by atoms with van der Waals surface area (Å²) in [5.41, 5.74) is 7.17. The Balaban J connectivity index is 2.22. The van der Waals surface area contributed by atoms with E-state index in [0.29, 0.717) is 18.8 Å². The number of carbonyl (C=O) groups is 2. The Morgan fingerprint density at radius 2 is 1.92 bits per heavy atom. The molecule has 0 aliphatic rings. The van der Waals surface area contributed by atoms with Gasteiger partial charge >= 0.3 is 5.97 Å². The van der Waals surface area contributed by atoms with Crippen molar-refractivity contribution in [2.75, 3.05) is 20.3 Å². The number of benzene rings is 1. The van der Waals surface area contributed by atoms with E-state index in [2.05, 4.69) is 4.74 Å². The third kappa shape index (κ3) is 5.14. The van der Waals surface area contributed by atoms with Crippen molar-refractivity contribution in [3.05, 3.63) is 52.2 Å². The van der Waals surface area contributed by atoms with Gasteiger partial charge in [0, 0.05) is 19.4 Å². The van der Waals surface area contributed by atoms with E-state index in [9.17, 15) is 9.59 Å². The lowest BCUT2D eigenvalue weighted by molar-refractivity contribution is -0.143. The molecule has 0 aliphatic carbocycles. The van der Waals surface area contributed by atoms with Crippen molar-refractivity contribution in [2.45, 2.75) is 24.8 Å². The number of ketones is 1. The summed E-state index contributed by atoms with van der Waals surface area (Å²) in [6, 6.07) is 9.08. The van der Waals surface area contributed by atoms with Gasteiger partial charge in [-0.05, 0) is 40.1 Å². The van der Waals surface area contributed by atoms with Crippen LogP contribution in [0.1, 0.15) is 30.4 Å². The number of Topliss-reactive ketones (excluding diaryl/α,β-unsaturated/α-hetero) is 1. The average molecular weight is 377 g/mol. The molecule has 0 saturated heterocycles. The summed E-state index contributed by atoms with van der Waals surface area (Å²) in [6.45, 7) is 0.496. The lowest BCUT2D eigenvalue weighted by Gasteiger charge is -2.29. The van der Waals surface area contributed by atoms with Crippen LogP contribution < -0.4 is 10.5 Å². The van der Waals surface area contributed by atoms with Crippen LogP contribution in [0.2, 0.25) is 0 Å². The molecule has 0 aliphatic heterocycles. The minimum Gasteiger partial charge on any atom is -0.494 e. The van der Waals surface area contributed by atoms with Gasteiger partial charge in [-0.25, -0.2) is 0 Å². The second-order valence-corrected chi connectivity index (χ2v) is 6.68. The van der Waals surface area contributed by atoms with Gasteiger partial charge in [-0.15, -0.1) is 0 Å². The van der Waals surface area contributed by atoms with Gasteiger partial charge in [-0.3, -0.25) is 9.59 Å². The number of thiophene rings is 1. The first-order chi connectivity index (χ1) is 12.5. The van der Waals surface area contributed by atoms with E-state index in [4.69, 9.17) is 15.6 Å². The van der Waals surface area contributed by atoms with Gasteiger partial charge in [-0.2, -0.15) is 11.3 Å². The topological polar surface area (TPSA) is 98.9 Å². The first-order valence-electron chi connectivity index (χ1n) is 8.24. The van der Waals surface area contributed by atoms with Crippen molar-refractivity contribution in [1.82, 2.24) is 0 Å². The van der Waals surface area contributed by atoms with E-state index in [0.717, 1.165) is 11.1 Å². The standard InChI is InChI=1S/C19H23NO5S/c1-24-18(23)11-16(22)12-19(20,15-7-10-26-13-15)14-3-5-17(6-4-14)25-9-2-8-21/h3-7,10,13,21H,2,8-9,11-12,20H2,1H3. The number of esters is 1. The molecular formula is C19H23NO5S. The quantitative estimate of drug-likeness (QED) is 0.374. The van der Waals surface area contributed by atoms with Crippen molar-refractivity contribution in [3.63, 3.8) is 0 Å². The van der Waals surface area contributed by atoms with Gasteiger partial charge in [-0.1, -0.05) is 12.1 Å². The van der Waals surface area contributed by atoms with Crippen LogP contribution in [-0.2, 0) is 19.9 Å². The molecule has 26 heavy (non-hydrogen) atoms. The summed E-state index contributed by atoms with van der Waals surface area (Å²) in [4.78, 5) is 23.7. The molecule has 0 radical (unpaired) electrons. The van der Waals surface area contributed by atoms with Crippen LogP contribution in [0.5, 0.6) is 5.75 Å². The van der Waals surface area contributed by atoms with Crippen molar-refractivity contribution in [2.24, 2.45) is 5.73 Å². The molecule has 0 spiro atoms. The first-order valence-corrected chi connectivity index (χ1v) is 9.18. The predicted molar refractivity (Wildman–Crippen MR) is 99.2 cm³/mol. The second-order valence-electron chi connectivity index (χ2n) is 5.90. The van der Waals surface area contributed by atoms with Gasteiger partial charge in [0.2, 0.25) is 0 Å². The molecule has 6 nitrogen and oxygen atoms in total. The Kier molecular flexibility index (Phi) is 7.32. The molecular weight excluding hydrogens is 354 g/mol. The second kappa shape index (κ2) is 9.47. The zero-order valence-electron chi connectivity index (χ0n) is 14.6. The molecule has 1 atom stereocenters. The maximum Gasteiger partial charge on any atom is 0.313 e. The predicted octanol–water partition coefficient (Wildman–Crippen LogP) is 2.23. The number of rotatable bonds is 10. The number of hydrogen-bond acceptors (Lipinski definition) is 7. The van der Waals surface area contributed by atoms with Crippen molar-refractivity contribution in [1.29, 1.82) is 0 Å². The summed E-state index contributed by atoms with van der Waals surface area (Å²) in [7, 11) is 1.25. The lowest BCUT2D eigenvalue weighted by Crippen LogP contribution is -2.40. The Hall–Kier alpha value is -2.22. The highest BCUT2D eigenvalue weighted by atomic mass is 32.1. The summed E-state index contributed by atoms with van der Waals surface area (Å²) in [6.07, 6.45) is 0.241. The molecule has 1 unspecified atom stereocenters. The van der Waals surface area contributed by atoms with E-state index in [-0.39, 0.29) is 25.2 Å². The highest BCUT2D eigenvalue weighted by Crippen LogP contribution is 2.33. The minimum absolute atomic E-state index is 0.0104. The van der Waals surface area contributed by atoms with Gasteiger partial charge in [0.25, 0.3) is 0 Å². The number of hydrogen-bond donors (Lipinski definition) is 2. The Morgan fingerprint density at radius 3 is 2.50 bits per heavy atom. The van der Waals surface area contributed by atoms with Crippen LogP contribution in [-0.4, -0.2) is 37.2 Å². The summed E-state index contributed by atoms with van der Waals surface area (Å²) < 4.78 is 10.1. The van der Waals surface area contributed by atoms with E-state index in [1.54, 1.807) is 12.1 Å². The molecule has 2 rings (SSSR count). The molecule has 1 heterocycles. The normalized spacial score (nSPS) is 13.0. The molecule has 3 N–H and O–H groups in total. The van der Waals surface area contributed by atoms with Crippen molar-refractivity contribution < 1.29 is 24.2 Å². The summed E-state index contributed by atoms with van der Waals surface area (Å²) >= 11 is 1.49. The number of carbonyl (C=O) groups excluding carboxylic acids is 2. The Labute approximate surface area is 156 Å². The summed E-state index contributed by atoms with van der Waals surface area (Å²) in [5.74, 6) is -0.195. The molecule has 0 saturated carbocycles. The maximum absolute atomic E-state index is 12.3. The molecule has 0 amide bonds. The SMILES string of the molecule is COC(=O)CC(=O)CC(N)(c1ccc(OCCCO)cc1)c1ccsc1. The zero-order chi connectivity index (χ0) is 19.0. The minimum atomic E-state index is -1.03. The van der Waals surface area contributed by atoms with E-state index in [1.165, 1.54) is 18.4 Å². The number of aliphatic hydroxyl groups is 1. The zero-order valence-corrected chi connectivity index (χ0v) is 15.5. The van der Waals surface area contributed by atoms with Crippen molar-refractivity contribution in [3.8, 4) is 5.75 Å². The first kappa shape index (κ1) is 20.1. The molecule has 2 aromatic rings. The van der Waals surface area contributed by atoms with Crippen LogP contribution in [0.15, 0.2) is 41.1 Å². The van der Waals surface area contributed by atoms with Crippen LogP contribution in [0, 0.1) is 0 Å².